The van der Waals surface area contributed by atoms with E-state index in [1.165, 1.54) is 0 Å². The van der Waals surface area contributed by atoms with Crippen LogP contribution in [0, 0.1) is 0 Å². The molecule has 0 bridgehead atoms. The number of hydrogen-bond donors (Lipinski definition) is 2. The average Bonchev–Trinajstić information content (AvgIpc) is 2.89. The molecular formula is C13H18N4O. The molecule has 0 aliphatic rings. The van der Waals surface area contributed by atoms with E-state index in [9.17, 15) is 0 Å². The Balaban J connectivity index is 2.02. The van der Waals surface area contributed by atoms with Gasteiger partial charge in [0, 0.05) is 12.7 Å². The molecule has 1 heterocycles. The summed E-state index contributed by atoms with van der Waals surface area (Å²) in [5.41, 5.74) is 3.79. The molecule has 2 aromatic rings. The van der Waals surface area contributed by atoms with Gasteiger partial charge in [-0.3, -0.25) is 10.5 Å². The fourth-order valence-electron chi connectivity index (χ4n) is 1.82. The van der Waals surface area contributed by atoms with Crippen LogP contribution in [0.2, 0.25) is 0 Å². The van der Waals surface area contributed by atoms with E-state index in [-0.39, 0.29) is 6.04 Å². The highest BCUT2D eigenvalue weighted by Gasteiger charge is 2.14. The van der Waals surface area contributed by atoms with Crippen molar-refractivity contribution in [1.82, 2.24) is 15.2 Å². The van der Waals surface area contributed by atoms with Gasteiger partial charge in [-0.25, -0.2) is 5.43 Å². The van der Waals surface area contributed by atoms with E-state index >= 15 is 0 Å². The Morgan fingerprint density at radius 3 is 2.78 bits per heavy atom. The molecule has 0 aliphatic heterocycles. The molecule has 96 valence electrons. The molecule has 0 saturated heterocycles. The third kappa shape index (κ3) is 2.88. The van der Waals surface area contributed by atoms with Crippen LogP contribution in [0.25, 0.3) is 0 Å². The first-order valence-electron chi connectivity index (χ1n) is 6.00. The Labute approximate surface area is 107 Å². The van der Waals surface area contributed by atoms with Crippen LogP contribution in [0.15, 0.2) is 42.6 Å². The van der Waals surface area contributed by atoms with Crippen LogP contribution in [0.3, 0.4) is 0 Å². The van der Waals surface area contributed by atoms with Crippen LogP contribution >= 0.6 is 0 Å². The Morgan fingerprint density at radius 2 is 2.11 bits per heavy atom. The van der Waals surface area contributed by atoms with Crippen LogP contribution in [-0.2, 0) is 6.54 Å². The topological polar surface area (TPSA) is 65.1 Å². The van der Waals surface area contributed by atoms with Gasteiger partial charge in [0.05, 0.1) is 11.7 Å². The van der Waals surface area contributed by atoms with Crippen molar-refractivity contribution in [2.75, 3.05) is 6.61 Å². The minimum Gasteiger partial charge on any atom is -0.491 e. The summed E-state index contributed by atoms with van der Waals surface area (Å²) in [4.78, 5) is 0. The van der Waals surface area contributed by atoms with Gasteiger partial charge in [-0.1, -0.05) is 18.2 Å². The van der Waals surface area contributed by atoms with Gasteiger partial charge in [-0.05, 0) is 25.1 Å². The number of nitrogens with two attached hydrogens (primary N) is 1. The quantitative estimate of drug-likeness (QED) is 0.598. The first-order valence-corrected chi connectivity index (χ1v) is 6.00. The van der Waals surface area contributed by atoms with Gasteiger partial charge in [0.25, 0.3) is 0 Å². The molecule has 5 heteroatoms. The molecule has 0 aliphatic carbocycles. The minimum atomic E-state index is -0.0762. The summed E-state index contributed by atoms with van der Waals surface area (Å²) in [5, 5.41) is 4.22. The monoisotopic (exact) mass is 246 g/mol. The maximum absolute atomic E-state index is 5.70. The zero-order valence-corrected chi connectivity index (χ0v) is 10.4. The standard InChI is InChI=1S/C13H18N4O/c1-2-17-13(8-9-15-17)12(16-14)10-18-11-6-4-3-5-7-11/h3-9,12,16H,2,10,14H2,1H3. The van der Waals surface area contributed by atoms with E-state index < -0.39 is 0 Å². The zero-order valence-electron chi connectivity index (χ0n) is 10.4. The smallest absolute Gasteiger partial charge is 0.119 e. The fraction of sp³-hybridized carbons (Fsp3) is 0.308. The van der Waals surface area contributed by atoms with Crippen molar-refractivity contribution in [1.29, 1.82) is 0 Å². The summed E-state index contributed by atoms with van der Waals surface area (Å²) in [6.45, 7) is 3.32. The Kier molecular flexibility index (Phi) is 4.33. The summed E-state index contributed by atoms with van der Waals surface area (Å²) >= 11 is 0. The zero-order chi connectivity index (χ0) is 12.8. The van der Waals surface area contributed by atoms with E-state index in [4.69, 9.17) is 10.6 Å². The van der Waals surface area contributed by atoms with Crippen LogP contribution in [0.1, 0.15) is 18.7 Å². The molecule has 0 fully saturated rings. The second-order valence-corrected chi connectivity index (χ2v) is 3.92. The Hall–Kier alpha value is -1.85. The van der Waals surface area contributed by atoms with Crippen molar-refractivity contribution >= 4 is 0 Å². The van der Waals surface area contributed by atoms with Crippen molar-refractivity contribution in [3.8, 4) is 5.75 Å². The molecule has 1 unspecified atom stereocenters. The van der Waals surface area contributed by atoms with E-state index in [1.807, 2.05) is 48.0 Å². The van der Waals surface area contributed by atoms with E-state index in [2.05, 4.69) is 10.5 Å². The van der Waals surface area contributed by atoms with Gasteiger partial charge in [0.1, 0.15) is 12.4 Å². The number of benzene rings is 1. The van der Waals surface area contributed by atoms with Crippen molar-refractivity contribution < 1.29 is 4.74 Å². The van der Waals surface area contributed by atoms with Crippen molar-refractivity contribution in [2.45, 2.75) is 19.5 Å². The molecule has 0 spiro atoms. The number of aromatic nitrogens is 2. The Morgan fingerprint density at radius 1 is 1.33 bits per heavy atom. The molecule has 1 aromatic heterocycles. The van der Waals surface area contributed by atoms with E-state index in [1.54, 1.807) is 6.20 Å². The molecule has 1 aromatic carbocycles. The SMILES string of the molecule is CCn1nccc1C(COc1ccccc1)NN. The van der Waals surface area contributed by atoms with Crippen LogP contribution in [0.4, 0.5) is 0 Å². The minimum absolute atomic E-state index is 0.0762. The van der Waals surface area contributed by atoms with Crippen molar-refractivity contribution in [2.24, 2.45) is 5.84 Å². The number of nitrogens with one attached hydrogen (secondary N) is 1. The van der Waals surface area contributed by atoms with Gasteiger partial charge < -0.3 is 4.74 Å². The third-order valence-electron chi connectivity index (χ3n) is 2.77. The summed E-state index contributed by atoms with van der Waals surface area (Å²) in [7, 11) is 0. The van der Waals surface area contributed by atoms with Gasteiger partial charge in [0.2, 0.25) is 0 Å². The van der Waals surface area contributed by atoms with E-state index in [0.29, 0.717) is 6.61 Å². The average molecular weight is 246 g/mol. The fourth-order valence-corrected chi connectivity index (χ4v) is 1.82. The highest BCUT2D eigenvalue weighted by molar-refractivity contribution is 5.21. The highest BCUT2D eigenvalue weighted by Crippen LogP contribution is 2.15. The molecule has 18 heavy (non-hydrogen) atoms. The van der Waals surface area contributed by atoms with Crippen molar-refractivity contribution in [3.63, 3.8) is 0 Å². The largest absolute Gasteiger partial charge is 0.491 e. The first-order chi connectivity index (χ1) is 8.85. The lowest BCUT2D eigenvalue weighted by molar-refractivity contribution is 0.260. The first kappa shape index (κ1) is 12.6. The molecule has 2 rings (SSSR count). The van der Waals surface area contributed by atoms with Gasteiger partial charge >= 0.3 is 0 Å². The third-order valence-corrected chi connectivity index (χ3v) is 2.77. The number of hydrazine groups is 1. The number of para-hydroxylation sites is 1. The van der Waals surface area contributed by atoms with Crippen LogP contribution in [-0.4, -0.2) is 16.4 Å². The van der Waals surface area contributed by atoms with Gasteiger partial charge in [0.15, 0.2) is 0 Å². The predicted molar refractivity (Wildman–Crippen MR) is 69.9 cm³/mol. The second-order valence-electron chi connectivity index (χ2n) is 3.92. The number of nitrogens with zero attached hydrogens (tertiary/aromatic N) is 2. The molecule has 1 atom stereocenters. The van der Waals surface area contributed by atoms with Crippen LogP contribution in [0.5, 0.6) is 5.75 Å². The maximum atomic E-state index is 5.70. The summed E-state index contributed by atoms with van der Waals surface area (Å²) in [6, 6.07) is 11.6. The normalized spacial score (nSPS) is 12.3. The lowest BCUT2D eigenvalue weighted by atomic mass is 10.2. The lowest BCUT2D eigenvalue weighted by Gasteiger charge is -2.17. The number of hydrogen-bond acceptors (Lipinski definition) is 4. The molecular weight excluding hydrogens is 228 g/mol. The Bertz CT molecular complexity index is 469. The molecule has 0 radical (unpaired) electrons. The number of ether oxygens (including phenoxy) is 1. The molecule has 3 N–H and O–H groups in total. The summed E-state index contributed by atoms with van der Waals surface area (Å²) in [5.74, 6) is 6.41. The number of rotatable bonds is 6. The van der Waals surface area contributed by atoms with Crippen LogP contribution < -0.4 is 16.0 Å². The van der Waals surface area contributed by atoms with Gasteiger partial charge in [-0.15, -0.1) is 0 Å². The van der Waals surface area contributed by atoms with Crippen molar-refractivity contribution in [3.05, 3.63) is 48.3 Å². The lowest BCUT2D eigenvalue weighted by Crippen LogP contribution is -2.34. The van der Waals surface area contributed by atoms with E-state index in [0.717, 1.165) is 18.0 Å². The second kappa shape index (κ2) is 6.18. The van der Waals surface area contributed by atoms with Gasteiger partial charge in [-0.2, -0.15) is 5.10 Å². The molecule has 0 saturated carbocycles. The predicted octanol–water partition coefficient (Wildman–Crippen LogP) is 1.49. The molecule has 0 amide bonds. The number of aryl methyl sites for hydroxylation is 1. The summed E-state index contributed by atoms with van der Waals surface area (Å²) in [6.07, 6.45) is 1.77. The highest BCUT2D eigenvalue weighted by atomic mass is 16.5. The molecule has 5 nitrogen and oxygen atoms in total. The summed E-state index contributed by atoms with van der Waals surface area (Å²) < 4.78 is 7.60. The maximum Gasteiger partial charge on any atom is 0.119 e.